The molecule has 8 heteroatoms. The van der Waals surface area contributed by atoms with Gasteiger partial charge in [-0.25, -0.2) is 13.2 Å². The first-order valence-electron chi connectivity index (χ1n) is 11.7. The molecule has 0 radical (unpaired) electrons. The van der Waals surface area contributed by atoms with Crippen LogP contribution >= 0.6 is 0 Å². The number of anilines is 1. The summed E-state index contributed by atoms with van der Waals surface area (Å²) in [5.41, 5.74) is 9.66. The van der Waals surface area contributed by atoms with Gasteiger partial charge in [-0.3, -0.25) is 4.79 Å². The number of hydrogen-bond acceptors (Lipinski definition) is 6. The lowest BCUT2D eigenvalue weighted by molar-refractivity contribution is -0.145. The normalized spacial score (nSPS) is 12.9. The molecule has 190 valence electrons. The maximum atomic E-state index is 13.4. The van der Waals surface area contributed by atoms with Crippen molar-refractivity contribution in [2.24, 2.45) is 5.92 Å². The third kappa shape index (κ3) is 8.23. The van der Waals surface area contributed by atoms with Crippen LogP contribution in [0.25, 0.3) is 0 Å². The van der Waals surface area contributed by atoms with Crippen LogP contribution in [0.3, 0.4) is 0 Å². The van der Waals surface area contributed by atoms with E-state index in [-0.39, 0.29) is 24.3 Å². The minimum absolute atomic E-state index is 0.169. The Kier molecular flexibility index (Phi) is 9.25. The second kappa shape index (κ2) is 12.4. The molecule has 2 atom stereocenters. The van der Waals surface area contributed by atoms with Gasteiger partial charge in [0.05, 0.1) is 24.5 Å². The molecular formula is C28H32N2O5S. The number of carbonyl (C=O) groups is 2. The van der Waals surface area contributed by atoms with Gasteiger partial charge in [0.15, 0.2) is 9.84 Å². The van der Waals surface area contributed by atoms with Gasteiger partial charge in [-0.1, -0.05) is 72.3 Å². The molecule has 0 heterocycles. The van der Waals surface area contributed by atoms with Crippen LogP contribution in [0.4, 0.5) is 5.69 Å². The summed E-state index contributed by atoms with van der Waals surface area (Å²) >= 11 is 0. The lowest BCUT2D eigenvalue weighted by atomic mass is 9.98. The van der Waals surface area contributed by atoms with E-state index in [0.717, 1.165) is 16.7 Å². The van der Waals surface area contributed by atoms with Crippen molar-refractivity contribution in [2.75, 3.05) is 18.6 Å². The smallest absolute Gasteiger partial charge is 0.328 e. The number of rotatable bonds is 11. The molecule has 0 aliphatic rings. The predicted molar refractivity (Wildman–Crippen MR) is 141 cm³/mol. The summed E-state index contributed by atoms with van der Waals surface area (Å²) in [4.78, 5) is 25.9. The number of nitrogens with one attached hydrogen (secondary N) is 1. The maximum absolute atomic E-state index is 13.4. The summed E-state index contributed by atoms with van der Waals surface area (Å²) < 4.78 is 31.1. The third-order valence-corrected chi connectivity index (χ3v) is 7.56. The molecule has 3 aromatic carbocycles. The number of ether oxygens (including phenoxy) is 1. The van der Waals surface area contributed by atoms with Crippen molar-refractivity contribution >= 4 is 27.4 Å². The number of esters is 1. The predicted octanol–water partition coefficient (Wildman–Crippen LogP) is 3.25. The standard InChI is InChI=1S/C28H32N2O5S/c1-20-8-10-21(11-9-20)16-24(19-36(33,34)18-23-6-4-3-5-7-23)27(31)30-26(28(32)35-2)17-22-12-14-25(29)15-13-22/h3-15,24,26H,16-19,29H2,1-2H3,(H,30,31)/t24-,26-/m0/s1. The Morgan fingerprint density at radius 3 is 2.06 bits per heavy atom. The topological polar surface area (TPSA) is 116 Å². The van der Waals surface area contributed by atoms with Crippen molar-refractivity contribution in [1.82, 2.24) is 5.32 Å². The number of carbonyl (C=O) groups excluding carboxylic acids is 2. The zero-order chi connectivity index (χ0) is 26.1. The van der Waals surface area contributed by atoms with Gasteiger partial charge in [0.2, 0.25) is 5.91 Å². The summed E-state index contributed by atoms with van der Waals surface area (Å²) in [5, 5.41) is 2.74. The number of sulfone groups is 1. The minimum Gasteiger partial charge on any atom is -0.467 e. The molecule has 0 aliphatic carbocycles. The van der Waals surface area contributed by atoms with Crippen LogP contribution in [0.15, 0.2) is 78.9 Å². The number of nitrogens with two attached hydrogens (primary N) is 1. The Morgan fingerprint density at radius 2 is 1.44 bits per heavy atom. The van der Waals surface area contributed by atoms with E-state index >= 15 is 0 Å². The molecule has 0 spiro atoms. The first kappa shape index (κ1) is 26.9. The van der Waals surface area contributed by atoms with E-state index < -0.39 is 33.7 Å². The summed E-state index contributed by atoms with van der Waals surface area (Å²) in [6, 6.07) is 22.4. The van der Waals surface area contributed by atoms with Crippen molar-refractivity contribution in [3.63, 3.8) is 0 Å². The van der Waals surface area contributed by atoms with Gasteiger partial charge in [-0.15, -0.1) is 0 Å². The van der Waals surface area contributed by atoms with Gasteiger partial charge in [0, 0.05) is 12.1 Å². The Morgan fingerprint density at radius 1 is 0.861 bits per heavy atom. The fraction of sp³-hybridized carbons (Fsp3) is 0.286. The van der Waals surface area contributed by atoms with Crippen LogP contribution in [0, 0.1) is 12.8 Å². The molecule has 0 aliphatic heterocycles. The van der Waals surface area contributed by atoms with Crippen LogP contribution in [0.5, 0.6) is 0 Å². The molecule has 3 rings (SSSR count). The van der Waals surface area contributed by atoms with Gasteiger partial charge in [-0.05, 0) is 42.2 Å². The SMILES string of the molecule is COC(=O)[C@H](Cc1ccc(N)cc1)NC(=O)[C@@H](Cc1ccc(C)cc1)CS(=O)(=O)Cc1ccccc1. The zero-order valence-corrected chi connectivity index (χ0v) is 21.3. The van der Waals surface area contributed by atoms with E-state index in [1.165, 1.54) is 7.11 Å². The first-order valence-corrected chi connectivity index (χ1v) is 13.5. The van der Waals surface area contributed by atoms with Gasteiger partial charge in [0.1, 0.15) is 6.04 Å². The largest absolute Gasteiger partial charge is 0.467 e. The first-order chi connectivity index (χ1) is 17.1. The molecule has 36 heavy (non-hydrogen) atoms. The highest BCUT2D eigenvalue weighted by Crippen LogP contribution is 2.17. The van der Waals surface area contributed by atoms with E-state index in [2.05, 4.69) is 5.32 Å². The Balaban J connectivity index is 1.82. The summed E-state index contributed by atoms with van der Waals surface area (Å²) in [5.74, 6) is -2.53. The molecule has 0 fully saturated rings. The molecule has 3 aromatic rings. The summed E-state index contributed by atoms with van der Waals surface area (Å²) in [7, 11) is -2.37. The lowest BCUT2D eigenvalue weighted by Crippen LogP contribution is -2.47. The van der Waals surface area contributed by atoms with Crippen LogP contribution in [0.2, 0.25) is 0 Å². The van der Waals surface area contributed by atoms with E-state index in [1.54, 1.807) is 48.5 Å². The molecule has 0 saturated heterocycles. The molecule has 0 saturated carbocycles. The monoisotopic (exact) mass is 508 g/mol. The number of hydrogen-bond donors (Lipinski definition) is 2. The van der Waals surface area contributed by atoms with E-state index in [9.17, 15) is 18.0 Å². The van der Waals surface area contributed by atoms with Crippen molar-refractivity contribution in [2.45, 2.75) is 31.6 Å². The molecule has 0 unspecified atom stereocenters. The van der Waals surface area contributed by atoms with Gasteiger partial charge < -0.3 is 15.8 Å². The Bertz CT molecular complexity index is 1260. The highest BCUT2D eigenvalue weighted by atomic mass is 32.2. The zero-order valence-electron chi connectivity index (χ0n) is 20.5. The molecular weight excluding hydrogens is 476 g/mol. The highest BCUT2D eigenvalue weighted by molar-refractivity contribution is 7.90. The van der Waals surface area contributed by atoms with E-state index in [1.807, 2.05) is 37.3 Å². The fourth-order valence-corrected chi connectivity index (χ4v) is 5.64. The average Bonchev–Trinajstić information content (AvgIpc) is 2.85. The van der Waals surface area contributed by atoms with Crippen LogP contribution in [-0.2, 0) is 42.8 Å². The van der Waals surface area contributed by atoms with Gasteiger partial charge in [-0.2, -0.15) is 0 Å². The van der Waals surface area contributed by atoms with Crippen molar-refractivity contribution in [3.05, 3.63) is 101 Å². The van der Waals surface area contributed by atoms with Gasteiger partial charge in [0.25, 0.3) is 0 Å². The minimum atomic E-state index is -3.62. The van der Waals surface area contributed by atoms with Crippen molar-refractivity contribution in [1.29, 1.82) is 0 Å². The summed E-state index contributed by atoms with van der Waals surface area (Å²) in [6.45, 7) is 1.95. The molecule has 1 amide bonds. The fourth-order valence-electron chi connectivity index (χ4n) is 3.94. The molecule has 7 nitrogen and oxygen atoms in total. The van der Waals surface area contributed by atoms with Gasteiger partial charge >= 0.3 is 5.97 Å². The lowest BCUT2D eigenvalue weighted by Gasteiger charge is -2.22. The van der Waals surface area contributed by atoms with Crippen LogP contribution in [-0.4, -0.2) is 39.2 Å². The third-order valence-electron chi connectivity index (χ3n) is 5.88. The Labute approximate surface area is 212 Å². The Hall–Kier alpha value is -3.65. The number of nitrogen functional groups attached to an aromatic ring is 1. The van der Waals surface area contributed by atoms with Crippen molar-refractivity contribution in [3.8, 4) is 0 Å². The maximum Gasteiger partial charge on any atom is 0.328 e. The van der Waals surface area contributed by atoms with Crippen LogP contribution < -0.4 is 11.1 Å². The average molecular weight is 509 g/mol. The van der Waals surface area contributed by atoms with E-state index in [0.29, 0.717) is 11.3 Å². The molecule has 0 aromatic heterocycles. The second-order valence-electron chi connectivity index (χ2n) is 8.96. The summed E-state index contributed by atoms with van der Waals surface area (Å²) in [6.07, 6.45) is 0.405. The highest BCUT2D eigenvalue weighted by Gasteiger charge is 2.30. The number of benzene rings is 3. The number of methoxy groups -OCH3 is 1. The number of aryl methyl sites for hydroxylation is 1. The van der Waals surface area contributed by atoms with E-state index in [4.69, 9.17) is 10.5 Å². The van der Waals surface area contributed by atoms with Crippen LogP contribution in [0.1, 0.15) is 22.3 Å². The second-order valence-corrected chi connectivity index (χ2v) is 11.1. The molecule has 3 N–H and O–H groups in total. The molecule has 0 bridgehead atoms. The quantitative estimate of drug-likeness (QED) is 0.303. The van der Waals surface area contributed by atoms with Crippen molar-refractivity contribution < 1.29 is 22.7 Å². The number of amides is 1.